The molecular weight excluding hydrogens is 244 g/mol. The average Bonchev–Trinajstić information content (AvgIpc) is 2.89. The van der Waals surface area contributed by atoms with Crippen molar-refractivity contribution in [2.75, 3.05) is 13.7 Å². The van der Waals surface area contributed by atoms with Gasteiger partial charge < -0.3 is 9.84 Å². The van der Waals surface area contributed by atoms with Crippen LogP contribution in [0.2, 0.25) is 0 Å². The number of benzene rings is 1. The number of halogens is 2. The van der Waals surface area contributed by atoms with Gasteiger partial charge in [0.25, 0.3) is 0 Å². The Morgan fingerprint density at radius 2 is 2.00 bits per heavy atom. The van der Waals surface area contributed by atoms with Crippen molar-refractivity contribution in [2.45, 2.75) is 6.05 Å². The molecule has 2 aromatic rings. The second-order valence-corrected chi connectivity index (χ2v) is 3.60. The van der Waals surface area contributed by atoms with E-state index in [0.29, 0.717) is 21.7 Å². The van der Waals surface area contributed by atoms with Crippen LogP contribution in [0.1, 0.15) is 0 Å². The summed E-state index contributed by atoms with van der Waals surface area (Å²) in [6, 6.07) is 3.31. The van der Waals surface area contributed by atoms with Crippen LogP contribution in [-0.2, 0) is 6.05 Å². The molecule has 1 N–H and O–H groups in total. The van der Waals surface area contributed by atoms with E-state index < -0.39 is 12.7 Å². The maximum absolute atomic E-state index is 13.1. The van der Waals surface area contributed by atoms with E-state index >= 15 is 0 Å². The van der Waals surface area contributed by atoms with Gasteiger partial charge in [-0.25, -0.2) is 0 Å². The average molecular weight is 255 g/mol. The zero-order valence-electron chi connectivity index (χ0n) is 9.55. The summed E-state index contributed by atoms with van der Waals surface area (Å²) >= 11 is 0. The minimum Gasteiger partial charge on any atom is -0.497 e. The minimum absolute atomic E-state index is 0.297. The van der Waals surface area contributed by atoms with Crippen LogP contribution in [0, 0.1) is 0 Å². The number of nitrogens with zero attached hydrogens (tertiary/aromatic N) is 3. The van der Waals surface area contributed by atoms with Crippen LogP contribution in [0.5, 0.6) is 5.75 Å². The number of hydrogen-bond acceptors (Lipinski definition) is 4. The molecule has 5 nitrogen and oxygen atoms in total. The van der Waals surface area contributed by atoms with E-state index in [0.717, 1.165) is 6.20 Å². The zero-order chi connectivity index (χ0) is 13.2. The molecule has 96 valence electrons. The molecule has 2 rings (SSSR count). The van der Waals surface area contributed by atoms with E-state index in [1.54, 1.807) is 24.3 Å². The van der Waals surface area contributed by atoms with Crippen molar-refractivity contribution < 1.29 is 18.6 Å². The first-order valence-electron chi connectivity index (χ1n) is 5.13. The molecule has 0 aliphatic rings. The highest BCUT2D eigenvalue weighted by Gasteiger charge is 2.31. The molecular formula is C11H11F2N3O2. The minimum atomic E-state index is -3.45. The van der Waals surface area contributed by atoms with Crippen LogP contribution < -0.4 is 4.74 Å². The molecule has 1 aromatic heterocycles. The summed E-state index contributed by atoms with van der Waals surface area (Å²) in [6.45, 7) is -1.32. The highest BCUT2D eigenvalue weighted by molar-refractivity contribution is 5.58. The topological polar surface area (TPSA) is 60.2 Å². The molecule has 0 unspecified atom stereocenters. The summed E-state index contributed by atoms with van der Waals surface area (Å²) in [7, 11) is 1.53. The van der Waals surface area contributed by atoms with Crippen LogP contribution in [0.15, 0.2) is 30.5 Å². The SMILES string of the molecule is COc1ccc(-c2cn(C(F)(F)CO)nn2)cc1. The summed E-state index contributed by atoms with van der Waals surface area (Å²) in [5.74, 6) is 0.659. The second kappa shape index (κ2) is 4.69. The normalized spacial score (nSPS) is 11.6. The molecule has 7 heteroatoms. The number of ether oxygens (including phenoxy) is 1. The molecule has 0 radical (unpaired) electrons. The van der Waals surface area contributed by atoms with E-state index in [1.807, 2.05) is 0 Å². The molecule has 18 heavy (non-hydrogen) atoms. The predicted molar refractivity (Wildman–Crippen MR) is 59.3 cm³/mol. The van der Waals surface area contributed by atoms with Crippen molar-refractivity contribution in [1.29, 1.82) is 0 Å². The third-order valence-electron chi connectivity index (χ3n) is 2.40. The third kappa shape index (κ3) is 2.30. The summed E-state index contributed by atoms with van der Waals surface area (Å²) in [5.41, 5.74) is 0.932. The van der Waals surface area contributed by atoms with Crippen LogP contribution in [0.3, 0.4) is 0 Å². The van der Waals surface area contributed by atoms with E-state index in [4.69, 9.17) is 9.84 Å². The van der Waals surface area contributed by atoms with Gasteiger partial charge in [0, 0.05) is 5.56 Å². The standard InChI is InChI=1S/C11H11F2N3O2/c1-18-9-4-2-8(3-5-9)10-6-16(15-14-10)11(12,13)7-17/h2-6,17H,7H2,1H3. The molecule has 0 amide bonds. The van der Waals surface area contributed by atoms with Crippen molar-refractivity contribution in [3.05, 3.63) is 30.5 Å². The van der Waals surface area contributed by atoms with Gasteiger partial charge >= 0.3 is 6.05 Å². The lowest BCUT2D eigenvalue weighted by Gasteiger charge is -2.11. The fourth-order valence-corrected chi connectivity index (χ4v) is 1.39. The lowest BCUT2D eigenvalue weighted by molar-refractivity contribution is -0.131. The van der Waals surface area contributed by atoms with E-state index in [-0.39, 0.29) is 0 Å². The van der Waals surface area contributed by atoms with Crippen molar-refractivity contribution >= 4 is 0 Å². The fourth-order valence-electron chi connectivity index (χ4n) is 1.39. The van der Waals surface area contributed by atoms with Crippen molar-refractivity contribution in [2.24, 2.45) is 0 Å². The van der Waals surface area contributed by atoms with Gasteiger partial charge in [-0.1, -0.05) is 5.21 Å². The quantitative estimate of drug-likeness (QED) is 0.899. The number of rotatable bonds is 4. The van der Waals surface area contributed by atoms with Crippen LogP contribution in [0.4, 0.5) is 8.78 Å². The van der Waals surface area contributed by atoms with Gasteiger partial charge in [-0.3, -0.25) is 0 Å². The highest BCUT2D eigenvalue weighted by Crippen LogP contribution is 2.23. The predicted octanol–water partition coefficient (Wildman–Crippen LogP) is 1.50. The van der Waals surface area contributed by atoms with Gasteiger partial charge in [-0.05, 0) is 24.3 Å². The Bertz CT molecular complexity index is 525. The number of alkyl halides is 2. The lowest BCUT2D eigenvalue weighted by Crippen LogP contribution is -2.27. The fraction of sp³-hybridized carbons (Fsp3) is 0.273. The monoisotopic (exact) mass is 255 g/mol. The van der Waals surface area contributed by atoms with Gasteiger partial charge in [0.15, 0.2) is 0 Å². The van der Waals surface area contributed by atoms with Crippen LogP contribution in [0.25, 0.3) is 11.3 Å². The number of methoxy groups -OCH3 is 1. The Balaban J connectivity index is 2.29. The maximum Gasteiger partial charge on any atom is 0.367 e. The molecule has 0 spiro atoms. The van der Waals surface area contributed by atoms with Gasteiger partial charge in [0.1, 0.15) is 18.1 Å². The Morgan fingerprint density at radius 3 is 2.56 bits per heavy atom. The number of aliphatic hydroxyl groups excluding tert-OH is 1. The number of aliphatic hydroxyl groups is 1. The summed E-state index contributed by atoms with van der Waals surface area (Å²) < 4.78 is 31.6. The number of aromatic nitrogens is 3. The van der Waals surface area contributed by atoms with E-state index in [1.165, 1.54) is 7.11 Å². The van der Waals surface area contributed by atoms with Crippen molar-refractivity contribution in [3.8, 4) is 17.0 Å². The third-order valence-corrected chi connectivity index (χ3v) is 2.40. The molecule has 0 aliphatic heterocycles. The second-order valence-electron chi connectivity index (χ2n) is 3.60. The smallest absolute Gasteiger partial charge is 0.367 e. The van der Waals surface area contributed by atoms with Gasteiger partial charge in [0.2, 0.25) is 0 Å². The van der Waals surface area contributed by atoms with Crippen LogP contribution >= 0.6 is 0 Å². The summed E-state index contributed by atoms with van der Waals surface area (Å²) in [6.07, 6.45) is 1.08. The van der Waals surface area contributed by atoms with Crippen LogP contribution in [-0.4, -0.2) is 33.8 Å². The molecule has 0 saturated carbocycles. The molecule has 0 atom stereocenters. The molecule has 1 aromatic carbocycles. The Morgan fingerprint density at radius 1 is 1.33 bits per heavy atom. The Labute approximate surface area is 102 Å². The first-order chi connectivity index (χ1) is 8.56. The Hall–Kier alpha value is -2.02. The molecule has 0 saturated heterocycles. The Kier molecular flexibility index (Phi) is 3.24. The van der Waals surface area contributed by atoms with Crippen molar-refractivity contribution in [1.82, 2.24) is 15.0 Å². The maximum atomic E-state index is 13.1. The lowest BCUT2D eigenvalue weighted by atomic mass is 10.2. The molecule has 0 aliphatic carbocycles. The molecule has 0 bridgehead atoms. The zero-order valence-corrected chi connectivity index (χ0v) is 9.55. The van der Waals surface area contributed by atoms with Crippen molar-refractivity contribution in [3.63, 3.8) is 0 Å². The highest BCUT2D eigenvalue weighted by atomic mass is 19.3. The first-order valence-corrected chi connectivity index (χ1v) is 5.13. The summed E-state index contributed by atoms with van der Waals surface area (Å²) in [4.78, 5) is 0. The van der Waals surface area contributed by atoms with E-state index in [9.17, 15) is 8.78 Å². The number of hydrogen-bond donors (Lipinski definition) is 1. The van der Waals surface area contributed by atoms with Gasteiger partial charge in [-0.15, -0.1) is 5.10 Å². The van der Waals surface area contributed by atoms with Gasteiger partial charge in [0.05, 0.1) is 13.3 Å². The first kappa shape index (κ1) is 12.4. The van der Waals surface area contributed by atoms with Gasteiger partial charge in [-0.2, -0.15) is 13.5 Å². The largest absolute Gasteiger partial charge is 0.497 e. The molecule has 1 heterocycles. The summed E-state index contributed by atoms with van der Waals surface area (Å²) in [5, 5.41) is 15.5. The molecule has 0 fully saturated rings. The van der Waals surface area contributed by atoms with E-state index in [2.05, 4.69) is 10.3 Å².